The molecule has 0 aliphatic rings. The molecule has 2 aromatic rings. The highest BCUT2D eigenvalue weighted by Crippen LogP contribution is 2.27. The molecule has 1 N–H and O–H groups in total. The van der Waals surface area contributed by atoms with Crippen molar-refractivity contribution in [2.75, 3.05) is 11.6 Å². The summed E-state index contributed by atoms with van der Waals surface area (Å²) in [6, 6.07) is 7.37. The molecule has 0 fully saturated rings. The Bertz CT molecular complexity index is 762. The Morgan fingerprint density at radius 1 is 1.25 bits per heavy atom. The zero-order valence-corrected chi connectivity index (χ0v) is 11.9. The topological polar surface area (TPSA) is 88.5 Å². The number of rotatable bonds is 4. The number of hydrogen-bond acceptors (Lipinski definition) is 6. The second-order valence-corrected chi connectivity index (χ2v) is 6.42. The Hall–Kier alpha value is -1.99. The van der Waals surface area contributed by atoms with Gasteiger partial charge in [0.15, 0.2) is 9.84 Å². The van der Waals surface area contributed by atoms with Gasteiger partial charge in [0.05, 0.1) is 9.92 Å². The zero-order valence-electron chi connectivity index (χ0n) is 10.4. The summed E-state index contributed by atoms with van der Waals surface area (Å²) in [6.45, 7) is 0. The average molecular weight is 312 g/mol. The van der Waals surface area contributed by atoms with Gasteiger partial charge in [0.2, 0.25) is 0 Å². The Labute approximate surface area is 120 Å². The van der Waals surface area contributed by atoms with Gasteiger partial charge in [0.25, 0.3) is 0 Å². The van der Waals surface area contributed by atoms with E-state index in [1.165, 1.54) is 30.5 Å². The maximum absolute atomic E-state index is 11.4. The van der Waals surface area contributed by atoms with Crippen LogP contribution in [0.5, 0.6) is 0 Å². The highest BCUT2D eigenvalue weighted by atomic mass is 35.5. The van der Waals surface area contributed by atoms with Crippen molar-refractivity contribution < 1.29 is 8.42 Å². The number of halogens is 1. The first-order chi connectivity index (χ1) is 9.40. The highest BCUT2D eigenvalue weighted by Gasteiger charge is 2.12. The van der Waals surface area contributed by atoms with Crippen molar-refractivity contribution in [3.8, 4) is 0 Å². The van der Waals surface area contributed by atoms with E-state index >= 15 is 0 Å². The number of aromatic nitrogens is 1. The van der Waals surface area contributed by atoms with Gasteiger partial charge in [-0.3, -0.25) is 0 Å². The summed E-state index contributed by atoms with van der Waals surface area (Å²) in [4.78, 5) is 14.5. The molecule has 0 atom stereocenters. The van der Waals surface area contributed by atoms with Crippen LogP contribution in [0.3, 0.4) is 0 Å². The number of nitrogens with one attached hydrogen (secondary N) is 1. The van der Waals surface area contributed by atoms with Crippen LogP contribution in [0.4, 0.5) is 17.2 Å². The number of sulfone groups is 1. The predicted octanol–water partition coefficient (Wildman–Crippen LogP) is 3.28. The third-order valence-electron chi connectivity index (χ3n) is 2.45. The number of benzene rings is 1. The standard InChI is InChI=1S/C12H10ClN3O3S/c1-20(18,19)11-3-2-8(6-10(11)13)15-12-7-9(16-17)4-5-14-12/h2-7H,1H3,(H,14,15). The minimum Gasteiger partial charge on any atom is -0.340 e. The van der Waals surface area contributed by atoms with Gasteiger partial charge < -0.3 is 5.32 Å². The van der Waals surface area contributed by atoms with E-state index in [1.807, 2.05) is 0 Å². The van der Waals surface area contributed by atoms with E-state index in [9.17, 15) is 13.3 Å². The number of nitroso groups, excluding NO2 is 1. The van der Waals surface area contributed by atoms with E-state index in [-0.39, 0.29) is 15.6 Å². The first-order valence-electron chi connectivity index (χ1n) is 5.46. The van der Waals surface area contributed by atoms with Crippen LogP contribution in [0.15, 0.2) is 46.6 Å². The largest absolute Gasteiger partial charge is 0.340 e. The van der Waals surface area contributed by atoms with Gasteiger partial charge in [-0.1, -0.05) is 11.6 Å². The highest BCUT2D eigenvalue weighted by molar-refractivity contribution is 7.90. The Morgan fingerprint density at radius 2 is 2.00 bits per heavy atom. The molecular weight excluding hydrogens is 302 g/mol. The van der Waals surface area contributed by atoms with E-state index in [0.717, 1.165) is 6.26 Å². The fraction of sp³-hybridized carbons (Fsp3) is 0.0833. The fourth-order valence-electron chi connectivity index (χ4n) is 1.57. The first-order valence-corrected chi connectivity index (χ1v) is 7.73. The third kappa shape index (κ3) is 3.31. The molecule has 0 saturated carbocycles. The first kappa shape index (κ1) is 14.4. The lowest BCUT2D eigenvalue weighted by molar-refractivity contribution is 0.602. The molecule has 8 heteroatoms. The number of hydrogen-bond donors (Lipinski definition) is 1. The van der Waals surface area contributed by atoms with Crippen LogP contribution >= 0.6 is 11.6 Å². The lowest BCUT2D eigenvalue weighted by Crippen LogP contribution is -1.99. The lowest BCUT2D eigenvalue weighted by Gasteiger charge is -2.08. The number of pyridine rings is 1. The van der Waals surface area contributed by atoms with Crippen LogP contribution in [-0.2, 0) is 9.84 Å². The van der Waals surface area contributed by atoms with Crippen molar-refractivity contribution in [2.45, 2.75) is 4.90 Å². The molecule has 0 aliphatic carbocycles. The van der Waals surface area contributed by atoms with Gasteiger partial charge in [0, 0.05) is 24.2 Å². The summed E-state index contributed by atoms with van der Waals surface area (Å²) in [5.41, 5.74) is 0.791. The monoisotopic (exact) mass is 311 g/mol. The zero-order chi connectivity index (χ0) is 14.8. The summed E-state index contributed by atoms with van der Waals surface area (Å²) in [5.74, 6) is 0.408. The SMILES string of the molecule is CS(=O)(=O)c1ccc(Nc2cc(N=O)ccn2)cc1Cl. The van der Waals surface area contributed by atoms with Gasteiger partial charge in [-0.15, -0.1) is 4.91 Å². The van der Waals surface area contributed by atoms with Gasteiger partial charge in [-0.25, -0.2) is 13.4 Å². The predicted molar refractivity (Wildman–Crippen MR) is 77.5 cm³/mol. The van der Waals surface area contributed by atoms with E-state index in [4.69, 9.17) is 11.6 Å². The average Bonchev–Trinajstić information content (AvgIpc) is 2.37. The molecule has 6 nitrogen and oxygen atoms in total. The summed E-state index contributed by atoms with van der Waals surface area (Å²) < 4.78 is 22.9. The summed E-state index contributed by atoms with van der Waals surface area (Å²) in [6.07, 6.45) is 2.52. The van der Waals surface area contributed by atoms with E-state index in [2.05, 4.69) is 15.5 Å². The molecule has 1 aromatic heterocycles. The summed E-state index contributed by atoms with van der Waals surface area (Å²) in [5, 5.41) is 5.82. The molecule has 0 amide bonds. The van der Waals surface area contributed by atoms with Crippen LogP contribution < -0.4 is 5.32 Å². The summed E-state index contributed by atoms with van der Waals surface area (Å²) >= 11 is 5.93. The van der Waals surface area contributed by atoms with Crippen molar-refractivity contribution in [3.63, 3.8) is 0 Å². The molecule has 0 spiro atoms. The van der Waals surface area contributed by atoms with Crippen LogP contribution in [0.25, 0.3) is 0 Å². The Morgan fingerprint density at radius 3 is 2.60 bits per heavy atom. The molecule has 20 heavy (non-hydrogen) atoms. The molecule has 1 heterocycles. The van der Waals surface area contributed by atoms with Crippen LogP contribution in [0.1, 0.15) is 0 Å². The molecule has 0 unspecified atom stereocenters. The van der Waals surface area contributed by atoms with Crippen molar-refractivity contribution in [3.05, 3.63) is 46.5 Å². The third-order valence-corrected chi connectivity index (χ3v) is 4.03. The van der Waals surface area contributed by atoms with E-state index in [0.29, 0.717) is 11.5 Å². The maximum atomic E-state index is 11.4. The quantitative estimate of drug-likeness (QED) is 0.875. The molecule has 0 saturated heterocycles. The van der Waals surface area contributed by atoms with Crippen molar-refractivity contribution in [1.82, 2.24) is 4.98 Å². The fourth-order valence-corrected chi connectivity index (χ4v) is 2.90. The van der Waals surface area contributed by atoms with Gasteiger partial charge in [0.1, 0.15) is 11.5 Å². The van der Waals surface area contributed by atoms with Gasteiger partial charge in [-0.2, -0.15) is 0 Å². The molecule has 104 valence electrons. The smallest absolute Gasteiger partial charge is 0.176 e. The van der Waals surface area contributed by atoms with Crippen LogP contribution in [0, 0.1) is 4.91 Å². The van der Waals surface area contributed by atoms with Gasteiger partial charge >= 0.3 is 0 Å². The van der Waals surface area contributed by atoms with Crippen molar-refractivity contribution >= 4 is 38.6 Å². The molecule has 0 bridgehead atoms. The lowest BCUT2D eigenvalue weighted by atomic mass is 10.3. The molecule has 1 aromatic carbocycles. The number of anilines is 2. The normalized spacial score (nSPS) is 11.1. The molecule has 2 rings (SSSR count). The Kier molecular flexibility index (Phi) is 4.01. The van der Waals surface area contributed by atoms with Crippen molar-refractivity contribution in [2.24, 2.45) is 5.18 Å². The Balaban J connectivity index is 2.31. The van der Waals surface area contributed by atoms with Gasteiger partial charge in [-0.05, 0) is 29.4 Å². The second-order valence-electron chi connectivity index (χ2n) is 4.03. The van der Waals surface area contributed by atoms with Crippen molar-refractivity contribution in [1.29, 1.82) is 0 Å². The molecular formula is C12H10ClN3O3S. The summed E-state index contributed by atoms with van der Waals surface area (Å²) in [7, 11) is -3.37. The maximum Gasteiger partial charge on any atom is 0.176 e. The molecule has 0 radical (unpaired) electrons. The molecule has 0 aliphatic heterocycles. The minimum absolute atomic E-state index is 0.0565. The van der Waals surface area contributed by atoms with Crippen LogP contribution in [0.2, 0.25) is 5.02 Å². The van der Waals surface area contributed by atoms with E-state index in [1.54, 1.807) is 6.07 Å². The second kappa shape index (κ2) is 5.56. The van der Waals surface area contributed by atoms with E-state index < -0.39 is 9.84 Å². The van der Waals surface area contributed by atoms with Crippen LogP contribution in [-0.4, -0.2) is 19.7 Å². The minimum atomic E-state index is -3.37. The number of nitrogens with zero attached hydrogens (tertiary/aromatic N) is 2.